The number of ether oxygens (including phenoxy) is 1. The molecule has 1 aromatic heterocycles. The molecule has 1 aromatic carbocycles. The smallest absolute Gasteiger partial charge is 0.119 e. The van der Waals surface area contributed by atoms with Gasteiger partial charge in [-0.1, -0.05) is 12.1 Å². The summed E-state index contributed by atoms with van der Waals surface area (Å²) in [5, 5.41) is 3.33. The van der Waals surface area contributed by atoms with Crippen LogP contribution in [0.5, 0.6) is 5.75 Å². The lowest BCUT2D eigenvalue weighted by Gasteiger charge is -2.05. The topological polar surface area (TPSA) is 34.4 Å². The van der Waals surface area contributed by atoms with Crippen molar-refractivity contribution in [2.75, 3.05) is 7.11 Å². The Bertz CT molecular complexity index is 477. The summed E-state index contributed by atoms with van der Waals surface area (Å²) in [6, 6.07) is 12.0. The van der Waals surface area contributed by atoms with E-state index in [1.165, 1.54) is 5.56 Å². The average Bonchev–Trinajstić information content (AvgIpc) is 2.75. The molecule has 90 valence electrons. The van der Waals surface area contributed by atoms with Gasteiger partial charge in [0.05, 0.1) is 13.7 Å². The fourth-order valence-corrected chi connectivity index (χ4v) is 1.69. The lowest BCUT2D eigenvalue weighted by molar-refractivity contribution is 0.414. The van der Waals surface area contributed by atoms with E-state index < -0.39 is 0 Å². The van der Waals surface area contributed by atoms with E-state index in [1.54, 1.807) is 7.11 Å². The van der Waals surface area contributed by atoms with Crippen LogP contribution >= 0.6 is 0 Å². The maximum absolute atomic E-state index is 5.48. The quantitative estimate of drug-likeness (QED) is 0.859. The van der Waals surface area contributed by atoms with Crippen molar-refractivity contribution in [2.45, 2.75) is 20.0 Å². The van der Waals surface area contributed by atoms with Crippen molar-refractivity contribution in [1.82, 2.24) is 5.32 Å². The third-order valence-electron chi connectivity index (χ3n) is 2.56. The molecule has 0 spiro atoms. The van der Waals surface area contributed by atoms with Gasteiger partial charge in [0.2, 0.25) is 0 Å². The summed E-state index contributed by atoms with van der Waals surface area (Å²) in [6.07, 6.45) is 0. The molecule has 0 radical (unpaired) electrons. The number of methoxy groups -OCH3 is 1. The molecule has 2 rings (SSSR count). The van der Waals surface area contributed by atoms with Gasteiger partial charge in [-0.3, -0.25) is 0 Å². The molecular formula is C14H17NO2. The number of hydrogen-bond acceptors (Lipinski definition) is 3. The summed E-state index contributed by atoms with van der Waals surface area (Å²) in [4.78, 5) is 0. The van der Waals surface area contributed by atoms with Crippen LogP contribution in [0.3, 0.4) is 0 Å². The molecule has 0 fully saturated rings. The fourth-order valence-electron chi connectivity index (χ4n) is 1.69. The summed E-state index contributed by atoms with van der Waals surface area (Å²) in [5.74, 6) is 2.80. The van der Waals surface area contributed by atoms with Gasteiger partial charge in [-0.2, -0.15) is 0 Å². The van der Waals surface area contributed by atoms with Crippen LogP contribution in [0.4, 0.5) is 0 Å². The second-order valence-electron chi connectivity index (χ2n) is 3.97. The highest BCUT2D eigenvalue weighted by atomic mass is 16.5. The molecule has 0 atom stereocenters. The van der Waals surface area contributed by atoms with E-state index in [-0.39, 0.29) is 0 Å². The minimum Gasteiger partial charge on any atom is -0.497 e. The van der Waals surface area contributed by atoms with Crippen LogP contribution in [0, 0.1) is 6.92 Å². The Hall–Kier alpha value is -1.74. The van der Waals surface area contributed by atoms with E-state index in [1.807, 2.05) is 37.3 Å². The van der Waals surface area contributed by atoms with Crippen LogP contribution in [-0.4, -0.2) is 7.11 Å². The van der Waals surface area contributed by atoms with Gasteiger partial charge in [-0.15, -0.1) is 0 Å². The predicted molar refractivity (Wildman–Crippen MR) is 67.0 cm³/mol. The van der Waals surface area contributed by atoms with Crippen molar-refractivity contribution in [3.63, 3.8) is 0 Å². The molecule has 2 aromatic rings. The van der Waals surface area contributed by atoms with Gasteiger partial charge in [0, 0.05) is 6.54 Å². The average molecular weight is 231 g/mol. The number of furan rings is 1. The van der Waals surface area contributed by atoms with Crippen LogP contribution in [0.2, 0.25) is 0 Å². The zero-order chi connectivity index (χ0) is 12.1. The van der Waals surface area contributed by atoms with Gasteiger partial charge in [0.25, 0.3) is 0 Å². The molecule has 1 heterocycles. The minimum atomic E-state index is 0.741. The number of benzene rings is 1. The number of aryl methyl sites for hydroxylation is 1. The number of nitrogens with one attached hydrogen (secondary N) is 1. The molecular weight excluding hydrogens is 214 g/mol. The summed E-state index contributed by atoms with van der Waals surface area (Å²) < 4.78 is 10.7. The zero-order valence-corrected chi connectivity index (χ0v) is 10.2. The predicted octanol–water partition coefficient (Wildman–Crippen LogP) is 2.89. The third kappa shape index (κ3) is 3.36. The van der Waals surface area contributed by atoms with Crippen LogP contribution in [0.15, 0.2) is 40.8 Å². The summed E-state index contributed by atoms with van der Waals surface area (Å²) in [7, 11) is 1.68. The van der Waals surface area contributed by atoms with Crippen LogP contribution < -0.4 is 10.1 Å². The third-order valence-corrected chi connectivity index (χ3v) is 2.56. The summed E-state index contributed by atoms with van der Waals surface area (Å²) in [6.45, 7) is 3.49. The van der Waals surface area contributed by atoms with E-state index in [4.69, 9.17) is 9.15 Å². The molecule has 17 heavy (non-hydrogen) atoms. The van der Waals surface area contributed by atoms with Gasteiger partial charge >= 0.3 is 0 Å². The Labute approximate surface area is 101 Å². The molecule has 3 nitrogen and oxygen atoms in total. The Morgan fingerprint density at radius 2 is 2.06 bits per heavy atom. The van der Waals surface area contributed by atoms with Crippen molar-refractivity contribution in [3.05, 3.63) is 53.5 Å². The SMILES string of the molecule is COc1cccc(CNCc2ccc(C)o2)c1. The molecule has 0 bridgehead atoms. The molecule has 0 saturated carbocycles. The lowest BCUT2D eigenvalue weighted by Crippen LogP contribution is -2.12. The van der Waals surface area contributed by atoms with Crippen LogP contribution in [0.25, 0.3) is 0 Å². The van der Waals surface area contributed by atoms with E-state index >= 15 is 0 Å². The van der Waals surface area contributed by atoms with E-state index in [2.05, 4.69) is 11.4 Å². The monoisotopic (exact) mass is 231 g/mol. The summed E-state index contributed by atoms with van der Waals surface area (Å²) >= 11 is 0. The van der Waals surface area contributed by atoms with Gasteiger partial charge < -0.3 is 14.5 Å². The van der Waals surface area contributed by atoms with Crippen molar-refractivity contribution in [1.29, 1.82) is 0 Å². The minimum absolute atomic E-state index is 0.741. The van der Waals surface area contributed by atoms with Crippen LogP contribution in [0.1, 0.15) is 17.1 Å². The molecule has 1 N–H and O–H groups in total. The van der Waals surface area contributed by atoms with E-state index in [0.717, 1.165) is 30.4 Å². The first-order chi connectivity index (χ1) is 8.28. The van der Waals surface area contributed by atoms with Crippen molar-refractivity contribution in [2.24, 2.45) is 0 Å². The normalized spacial score (nSPS) is 10.5. The second-order valence-corrected chi connectivity index (χ2v) is 3.97. The zero-order valence-electron chi connectivity index (χ0n) is 10.2. The van der Waals surface area contributed by atoms with Crippen molar-refractivity contribution in [3.8, 4) is 5.75 Å². The standard InChI is InChI=1S/C14H17NO2/c1-11-6-7-14(17-11)10-15-9-12-4-3-5-13(8-12)16-2/h3-8,15H,9-10H2,1-2H3. The van der Waals surface area contributed by atoms with Gasteiger partial charge in [-0.05, 0) is 36.8 Å². The highest BCUT2D eigenvalue weighted by molar-refractivity contribution is 5.28. The molecule has 0 aliphatic rings. The molecule has 0 unspecified atom stereocenters. The van der Waals surface area contributed by atoms with Gasteiger partial charge in [0.1, 0.15) is 17.3 Å². The maximum Gasteiger partial charge on any atom is 0.119 e. The van der Waals surface area contributed by atoms with Gasteiger partial charge in [-0.25, -0.2) is 0 Å². The second kappa shape index (κ2) is 5.55. The molecule has 3 heteroatoms. The number of hydrogen-bond donors (Lipinski definition) is 1. The molecule has 0 aliphatic carbocycles. The first kappa shape index (κ1) is 11.7. The van der Waals surface area contributed by atoms with Gasteiger partial charge in [0.15, 0.2) is 0 Å². The number of rotatable bonds is 5. The Kier molecular flexibility index (Phi) is 3.83. The summed E-state index contributed by atoms with van der Waals surface area (Å²) in [5.41, 5.74) is 1.20. The Morgan fingerprint density at radius 3 is 2.76 bits per heavy atom. The van der Waals surface area contributed by atoms with E-state index in [9.17, 15) is 0 Å². The highest BCUT2D eigenvalue weighted by Gasteiger charge is 1.99. The first-order valence-corrected chi connectivity index (χ1v) is 5.67. The Balaban J connectivity index is 1.85. The molecule has 0 amide bonds. The lowest BCUT2D eigenvalue weighted by atomic mass is 10.2. The van der Waals surface area contributed by atoms with Crippen LogP contribution in [-0.2, 0) is 13.1 Å². The highest BCUT2D eigenvalue weighted by Crippen LogP contribution is 2.12. The van der Waals surface area contributed by atoms with E-state index in [0.29, 0.717) is 0 Å². The van der Waals surface area contributed by atoms with Crippen molar-refractivity contribution >= 4 is 0 Å². The fraction of sp³-hybridized carbons (Fsp3) is 0.286. The maximum atomic E-state index is 5.48. The molecule has 0 saturated heterocycles. The molecule has 0 aliphatic heterocycles. The first-order valence-electron chi connectivity index (χ1n) is 5.67. The largest absolute Gasteiger partial charge is 0.497 e. The Morgan fingerprint density at radius 1 is 1.18 bits per heavy atom. The van der Waals surface area contributed by atoms with Crippen molar-refractivity contribution < 1.29 is 9.15 Å².